The molecule has 34 heavy (non-hydrogen) atoms. The van der Waals surface area contributed by atoms with Crippen LogP contribution in [-0.2, 0) is 4.79 Å². The van der Waals surface area contributed by atoms with Crippen LogP contribution < -0.4 is 10.6 Å². The van der Waals surface area contributed by atoms with E-state index >= 15 is 0 Å². The first-order valence-corrected chi connectivity index (χ1v) is 12.5. The van der Waals surface area contributed by atoms with Crippen molar-refractivity contribution >= 4 is 23.4 Å². The van der Waals surface area contributed by atoms with Crippen LogP contribution in [0.5, 0.6) is 0 Å². The third-order valence-electron chi connectivity index (χ3n) is 7.15. The number of hydrogen-bond acceptors (Lipinski definition) is 3. The SMILES string of the molecule is Cc1ccc(C(=O)Nc2ccc(C(=O)N3CCCC(C(=O)NC4CCC(C)CC4)C3)cc2)cc1. The lowest BCUT2D eigenvalue weighted by atomic mass is 9.87. The third-order valence-corrected chi connectivity index (χ3v) is 7.15. The molecule has 1 atom stereocenters. The second-order valence-electron chi connectivity index (χ2n) is 9.95. The molecule has 0 spiro atoms. The molecule has 1 saturated heterocycles. The number of carbonyl (C=O) groups is 3. The van der Waals surface area contributed by atoms with Gasteiger partial charge in [-0.15, -0.1) is 0 Å². The molecule has 2 N–H and O–H groups in total. The molecule has 3 amide bonds. The van der Waals surface area contributed by atoms with Crippen LogP contribution in [0.1, 0.15) is 71.7 Å². The topological polar surface area (TPSA) is 78.5 Å². The molecule has 2 fully saturated rings. The van der Waals surface area contributed by atoms with E-state index in [9.17, 15) is 14.4 Å². The van der Waals surface area contributed by atoms with Crippen LogP contribution in [0.3, 0.4) is 0 Å². The van der Waals surface area contributed by atoms with Crippen molar-refractivity contribution in [2.24, 2.45) is 11.8 Å². The Morgan fingerprint density at radius 1 is 0.853 bits per heavy atom. The lowest BCUT2D eigenvalue weighted by Gasteiger charge is -2.34. The quantitative estimate of drug-likeness (QED) is 0.672. The Kier molecular flexibility index (Phi) is 7.66. The van der Waals surface area contributed by atoms with Gasteiger partial charge in [0.15, 0.2) is 0 Å². The number of rotatable bonds is 5. The van der Waals surface area contributed by atoms with Gasteiger partial charge in [0.25, 0.3) is 11.8 Å². The molecule has 180 valence electrons. The van der Waals surface area contributed by atoms with Crippen molar-refractivity contribution < 1.29 is 14.4 Å². The van der Waals surface area contributed by atoms with Gasteiger partial charge >= 0.3 is 0 Å². The Balaban J connectivity index is 1.31. The van der Waals surface area contributed by atoms with E-state index in [0.29, 0.717) is 29.9 Å². The molecular formula is C28H35N3O3. The Morgan fingerprint density at radius 2 is 1.50 bits per heavy atom. The van der Waals surface area contributed by atoms with E-state index in [1.165, 1.54) is 12.8 Å². The van der Waals surface area contributed by atoms with Gasteiger partial charge in [-0.25, -0.2) is 0 Å². The highest BCUT2D eigenvalue weighted by Crippen LogP contribution is 2.25. The molecule has 1 heterocycles. The smallest absolute Gasteiger partial charge is 0.255 e. The second-order valence-corrected chi connectivity index (χ2v) is 9.95. The van der Waals surface area contributed by atoms with Crippen molar-refractivity contribution in [3.8, 4) is 0 Å². The van der Waals surface area contributed by atoms with E-state index in [4.69, 9.17) is 0 Å². The normalized spacial score (nSPS) is 22.6. The van der Waals surface area contributed by atoms with E-state index in [2.05, 4.69) is 17.6 Å². The van der Waals surface area contributed by atoms with Gasteiger partial charge in [0.1, 0.15) is 0 Å². The average molecular weight is 462 g/mol. The number of carbonyl (C=O) groups excluding carboxylic acids is 3. The molecule has 6 nitrogen and oxygen atoms in total. The molecular weight excluding hydrogens is 426 g/mol. The van der Waals surface area contributed by atoms with Gasteiger partial charge in [-0.2, -0.15) is 0 Å². The van der Waals surface area contributed by atoms with Crippen LogP contribution >= 0.6 is 0 Å². The second kappa shape index (κ2) is 10.9. The van der Waals surface area contributed by atoms with E-state index in [0.717, 1.165) is 37.2 Å². The van der Waals surface area contributed by atoms with Gasteiger partial charge in [0, 0.05) is 35.9 Å². The number of nitrogens with one attached hydrogen (secondary N) is 2. The van der Waals surface area contributed by atoms with Crippen LogP contribution in [-0.4, -0.2) is 41.8 Å². The minimum atomic E-state index is -0.184. The summed E-state index contributed by atoms with van der Waals surface area (Å²) < 4.78 is 0. The lowest BCUT2D eigenvalue weighted by Crippen LogP contribution is -2.48. The largest absolute Gasteiger partial charge is 0.353 e. The molecule has 2 aliphatic rings. The maximum absolute atomic E-state index is 13.1. The summed E-state index contributed by atoms with van der Waals surface area (Å²) in [6.45, 7) is 5.37. The van der Waals surface area contributed by atoms with Crippen molar-refractivity contribution in [1.29, 1.82) is 0 Å². The van der Waals surface area contributed by atoms with Crippen molar-refractivity contribution in [2.75, 3.05) is 18.4 Å². The molecule has 0 bridgehead atoms. The molecule has 6 heteroatoms. The summed E-state index contributed by atoms with van der Waals surface area (Å²) in [6, 6.07) is 14.6. The van der Waals surface area contributed by atoms with Crippen LogP contribution in [0.4, 0.5) is 5.69 Å². The van der Waals surface area contributed by atoms with Crippen LogP contribution in [0.2, 0.25) is 0 Å². The summed E-state index contributed by atoms with van der Waals surface area (Å²) >= 11 is 0. The van der Waals surface area contributed by atoms with E-state index in [1.807, 2.05) is 19.1 Å². The van der Waals surface area contributed by atoms with E-state index in [1.54, 1.807) is 41.3 Å². The van der Waals surface area contributed by atoms with Crippen molar-refractivity contribution in [3.63, 3.8) is 0 Å². The number of nitrogens with zero attached hydrogens (tertiary/aromatic N) is 1. The standard InChI is InChI=1S/C28H35N3O3/c1-19-5-9-21(10-6-19)26(32)29-25-15-11-22(12-16-25)28(34)31-17-3-4-23(18-31)27(33)30-24-13-7-20(2)8-14-24/h5-6,9-12,15-16,20,23-24H,3-4,7-8,13-14,17-18H2,1-2H3,(H,29,32)(H,30,33). The molecule has 1 aliphatic heterocycles. The zero-order valence-corrected chi connectivity index (χ0v) is 20.2. The summed E-state index contributed by atoms with van der Waals surface area (Å²) in [6.07, 6.45) is 6.09. The number of amides is 3. The number of likely N-dealkylation sites (tertiary alicyclic amines) is 1. The fraction of sp³-hybridized carbons (Fsp3) is 0.464. The van der Waals surface area contributed by atoms with Gasteiger partial charge in [-0.3, -0.25) is 14.4 Å². The minimum absolute atomic E-state index is 0.0691. The Hall–Kier alpha value is -3.15. The fourth-order valence-corrected chi connectivity index (χ4v) is 4.89. The highest BCUT2D eigenvalue weighted by Gasteiger charge is 2.30. The lowest BCUT2D eigenvalue weighted by molar-refractivity contribution is -0.127. The monoisotopic (exact) mass is 461 g/mol. The highest BCUT2D eigenvalue weighted by molar-refractivity contribution is 6.04. The molecule has 2 aromatic carbocycles. The Morgan fingerprint density at radius 3 is 2.18 bits per heavy atom. The maximum Gasteiger partial charge on any atom is 0.255 e. The third kappa shape index (κ3) is 6.04. The van der Waals surface area contributed by atoms with E-state index < -0.39 is 0 Å². The summed E-state index contributed by atoms with van der Waals surface area (Å²) in [5.41, 5.74) is 2.89. The summed E-state index contributed by atoms with van der Waals surface area (Å²) in [7, 11) is 0. The average Bonchev–Trinajstić information content (AvgIpc) is 2.86. The molecule has 2 aromatic rings. The first-order chi connectivity index (χ1) is 16.4. The number of benzene rings is 2. The zero-order valence-electron chi connectivity index (χ0n) is 20.2. The summed E-state index contributed by atoms with van der Waals surface area (Å²) in [5.74, 6) is 0.436. The molecule has 1 aliphatic carbocycles. The van der Waals surface area contributed by atoms with Crippen molar-refractivity contribution in [2.45, 2.75) is 58.4 Å². The number of hydrogen-bond donors (Lipinski definition) is 2. The molecule has 0 radical (unpaired) electrons. The molecule has 1 saturated carbocycles. The van der Waals surface area contributed by atoms with Crippen LogP contribution in [0, 0.1) is 18.8 Å². The first kappa shape index (κ1) is 24.0. The van der Waals surface area contributed by atoms with Crippen molar-refractivity contribution in [1.82, 2.24) is 10.2 Å². The van der Waals surface area contributed by atoms with Gasteiger partial charge in [0.2, 0.25) is 5.91 Å². The summed E-state index contributed by atoms with van der Waals surface area (Å²) in [4.78, 5) is 40.1. The van der Waals surface area contributed by atoms with Gasteiger partial charge in [0.05, 0.1) is 5.92 Å². The van der Waals surface area contributed by atoms with Gasteiger partial charge in [-0.05, 0) is 87.8 Å². The molecule has 1 unspecified atom stereocenters. The Bertz CT molecular complexity index is 1010. The Labute approximate surface area is 202 Å². The first-order valence-electron chi connectivity index (χ1n) is 12.5. The molecule has 4 rings (SSSR count). The predicted molar refractivity (Wildman–Crippen MR) is 134 cm³/mol. The summed E-state index contributed by atoms with van der Waals surface area (Å²) in [5, 5.41) is 6.10. The van der Waals surface area contributed by atoms with E-state index in [-0.39, 0.29) is 29.7 Å². The number of anilines is 1. The highest BCUT2D eigenvalue weighted by atomic mass is 16.2. The van der Waals surface area contributed by atoms with Crippen LogP contribution in [0.15, 0.2) is 48.5 Å². The predicted octanol–water partition coefficient (Wildman–Crippen LogP) is 4.79. The molecule has 0 aromatic heterocycles. The minimum Gasteiger partial charge on any atom is -0.353 e. The number of piperidine rings is 1. The zero-order chi connectivity index (χ0) is 24.1. The maximum atomic E-state index is 13.1. The van der Waals surface area contributed by atoms with Crippen molar-refractivity contribution in [3.05, 3.63) is 65.2 Å². The van der Waals surface area contributed by atoms with Gasteiger partial charge in [-0.1, -0.05) is 24.6 Å². The van der Waals surface area contributed by atoms with Gasteiger partial charge < -0.3 is 15.5 Å². The fourth-order valence-electron chi connectivity index (χ4n) is 4.89. The number of aryl methyl sites for hydroxylation is 1. The van der Waals surface area contributed by atoms with Crippen LogP contribution in [0.25, 0.3) is 0 Å².